The lowest BCUT2D eigenvalue weighted by atomic mass is 10.00. The van der Waals surface area contributed by atoms with Crippen molar-refractivity contribution in [3.05, 3.63) is 48.0 Å². The van der Waals surface area contributed by atoms with E-state index in [9.17, 15) is 0 Å². The van der Waals surface area contributed by atoms with Crippen LogP contribution in [0.3, 0.4) is 0 Å². The number of rotatable bonds is 13. The summed E-state index contributed by atoms with van der Waals surface area (Å²) in [6.45, 7) is 4.57. The van der Waals surface area contributed by atoms with Gasteiger partial charge in [-0.2, -0.15) is 0 Å². The molecule has 0 aliphatic carbocycles. The predicted molar refractivity (Wildman–Crippen MR) is 100 cm³/mol. The number of allylic oxidation sites excluding steroid dienone is 2. The first kappa shape index (κ1) is 19.0. The molecule has 0 radical (unpaired) electrons. The average Bonchev–Trinajstić information content (AvgIpc) is 2.56. The minimum atomic E-state index is 0.546. The summed E-state index contributed by atoms with van der Waals surface area (Å²) >= 11 is 0. The normalized spacial score (nSPS) is 12.8. The topological polar surface area (TPSA) is 0 Å². The molecule has 0 fully saturated rings. The number of hydrogen-bond acceptors (Lipinski definition) is 0. The molecular weight excluding hydrogens is 264 g/mol. The number of benzene rings is 1. The van der Waals surface area contributed by atoms with Gasteiger partial charge in [-0.25, -0.2) is 0 Å². The standard InChI is InChI=1S/C22H36/c1-3-4-5-6-7-8-9-10-11-12-13-15-18-21(2)22-19-16-14-17-20-22/h14-21H,3-13H2,1-2H3/b18-15-. The quantitative estimate of drug-likeness (QED) is 0.259. The van der Waals surface area contributed by atoms with Crippen LogP contribution >= 0.6 is 0 Å². The molecule has 0 aliphatic heterocycles. The lowest BCUT2D eigenvalue weighted by Crippen LogP contribution is -1.87. The fourth-order valence-electron chi connectivity index (χ4n) is 2.92. The maximum atomic E-state index is 2.38. The fourth-order valence-corrected chi connectivity index (χ4v) is 2.92. The second kappa shape index (κ2) is 13.6. The maximum absolute atomic E-state index is 2.38. The summed E-state index contributed by atoms with van der Waals surface area (Å²) in [5, 5.41) is 0. The first-order valence-corrected chi connectivity index (χ1v) is 9.56. The van der Waals surface area contributed by atoms with Crippen LogP contribution in [0.15, 0.2) is 42.5 Å². The first-order chi connectivity index (χ1) is 10.8. The lowest BCUT2D eigenvalue weighted by molar-refractivity contribution is 0.557. The molecule has 0 heterocycles. The molecule has 0 bridgehead atoms. The maximum Gasteiger partial charge on any atom is -0.00104 e. The Kier molecular flexibility index (Phi) is 11.8. The monoisotopic (exact) mass is 300 g/mol. The molecule has 0 heteroatoms. The van der Waals surface area contributed by atoms with Crippen molar-refractivity contribution in [1.82, 2.24) is 0 Å². The van der Waals surface area contributed by atoms with Gasteiger partial charge < -0.3 is 0 Å². The highest BCUT2D eigenvalue weighted by atomic mass is 14.0. The third kappa shape index (κ3) is 9.82. The van der Waals surface area contributed by atoms with Crippen molar-refractivity contribution in [3.8, 4) is 0 Å². The molecule has 0 saturated carbocycles. The zero-order valence-electron chi connectivity index (χ0n) is 14.9. The lowest BCUT2D eigenvalue weighted by Gasteiger charge is -2.05. The van der Waals surface area contributed by atoms with Gasteiger partial charge in [-0.1, -0.05) is 114 Å². The van der Waals surface area contributed by atoms with E-state index in [0.29, 0.717) is 5.92 Å². The van der Waals surface area contributed by atoms with Gasteiger partial charge in [0.15, 0.2) is 0 Å². The molecule has 0 amide bonds. The largest absolute Gasteiger partial charge is 0.0879 e. The fraction of sp³-hybridized carbons (Fsp3) is 0.636. The van der Waals surface area contributed by atoms with Gasteiger partial charge in [-0.15, -0.1) is 0 Å². The smallest absolute Gasteiger partial charge is 0.00104 e. The van der Waals surface area contributed by atoms with E-state index in [0.717, 1.165) is 0 Å². The Morgan fingerprint density at radius 3 is 1.91 bits per heavy atom. The molecule has 0 saturated heterocycles. The van der Waals surface area contributed by atoms with E-state index in [1.165, 1.54) is 76.2 Å². The van der Waals surface area contributed by atoms with E-state index in [1.54, 1.807) is 0 Å². The Morgan fingerprint density at radius 1 is 0.773 bits per heavy atom. The van der Waals surface area contributed by atoms with Crippen LogP contribution < -0.4 is 0 Å². The van der Waals surface area contributed by atoms with Crippen LogP contribution in [0.1, 0.15) is 96.0 Å². The minimum Gasteiger partial charge on any atom is -0.0879 e. The molecule has 0 nitrogen and oxygen atoms in total. The summed E-state index contributed by atoms with van der Waals surface area (Å²) in [6.07, 6.45) is 20.2. The highest BCUT2D eigenvalue weighted by Crippen LogP contribution is 2.17. The average molecular weight is 301 g/mol. The van der Waals surface area contributed by atoms with Crippen molar-refractivity contribution in [1.29, 1.82) is 0 Å². The third-order valence-corrected chi connectivity index (χ3v) is 4.47. The second-order valence-corrected chi connectivity index (χ2v) is 6.60. The summed E-state index contributed by atoms with van der Waals surface area (Å²) < 4.78 is 0. The summed E-state index contributed by atoms with van der Waals surface area (Å²) in [4.78, 5) is 0. The molecule has 0 N–H and O–H groups in total. The zero-order chi connectivity index (χ0) is 15.9. The van der Waals surface area contributed by atoms with Gasteiger partial charge in [-0.05, 0) is 24.3 Å². The molecule has 1 atom stereocenters. The van der Waals surface area contributed by atoms with E-state index >= 15 is 0 Å². The molecule has 1 aromatic rings. The van der Waals surface area contributed by atoms with Crippen molar-refractivity contribution < 1.29 is 0 Å². The summed E-state index contributed by atoms with van der Waals surface area (Å²) in [5.41, 5.74) is 1.42. The Bertz CT molecular complexity index is 363. The molecule has 0 aromatic heterocycles. The molecule has 1 unspecified atom stereocenters. The SMILES string of the molecule is CCCCCCCCCCCC/C=C\C(C)c1ccccc1. The van der Waals surface area contributed by atoms with Gasteiger partial charge in [0, 0.05) is 0 Å². The summed E-state index contributed by atoms with van der Waals surface area (Å²) in [6, 6.07) is 10.8. The van der Waals surface area contributed by atoms with Crippen molar-refractivity contribution in [2.24, 2.45) is 0 Å². The molecule has 0 spiro atoms. The van der Waals surface area contributed by atoms with Crippen LogP contribution in [0.25, 0.3) is 0 Å². The number of unbranched alkanes of at least 4 members (excludes halogenated alkanes) is 10. The van der Waals surface area contributed by atoms with Crippen molar-refractivity contribution in [2.45, 2.75) is 90.4 Å². The van der Waals surface area contributed by atoms with Crippen LogP contribution in [0, 0.1) is 0 Å². The van der Waals surface area contributed by atoms with Crippen LogP contribution in [-0.2, 0) is 0 Å². The van der Waals surface area contributed by atoms with Gasteiger partial charge in [0.05, 0.1) is 0 Å². The molecule has 124 valence electrons. The molecular formula is C22H36. The van der Waals surface area contributed by atoms with Gasteiger partial charge >= 0.3 is 0 Å². The molecule has 0 aliphatic rings. The van der Waals surface area contributed by atoms with Gasteiger partial charge in [-0.3, -0.25) is 0 Å². The van der Waals surface area contributed by atoms with Crippen molar-refractivity contribution in [3.63, 3.8) is 0 Å². The third-order valence-electron chi connectivity index (χ3n) is 4.47. The Labute approximate surface area is 139 Å². The Morgan fingerprint density at radius 2 is 1.32 bits per heavy atom. The Balaban J connectivity index is 1.92. The van der Waals surface area contributed by atoms with Crippen LogP contribution in [0.2, 0.25) is 0 Å². The van der Waals surface area contributed by atoms with E-state index < -0.39 is 0 Å². The van der Waals surface area contributed by atoms with Crippen LogP contribution in [0.4, 0.5) is 0 Å². The molecule has 22 heavy (non-hydrogen) atoms. The van der Waals surface area contributed by atoms with E-state index in [2.05, 4.69) is 56.3 Å². The molecule has 1 aromatic carbocycles. The highest BCUT2D eigenvalue weighted by molar-refractivity contribution is 5.22. The van der Waals surface area contributed by atoms with Crippen molar-refractivity contribution in [2.75, 3.05) is 0 Å². The Hall–Kier alpha value is -1.04. The summed E-state index contributed by atoms with van der Waals surface area (Å²) in [5.74, 6) is 0.546. The van der Waals surface area contributed by atoms with Crippen LogP contribution in [-0.4, -0.2) is 0 Å². The van der Waals surface area contributed by atoms with Gasteiger partial charge in [0.2, 0.25) is 0 Å². The summed E-state index contributed by atoms with van der Waals surface area (Å²) in [7, 11) is 0. The van der Waals surface area contributed by atoms with E-state index in [1.807, 2.05) is 0 Å². The van der Waals surface area contributed by atoms with Gasteiger partial charge in [0.25, 0.3) is 0 Å². The number of hydrogen-bond donors (Lipinski definition) is 0. The molecule has 1 rings (SSSR count). The zero-order valence-corrected chi connectivity index (χ0v) is 14.9. The van der Waals surface area contributed by atoms with Crippen LogP contribution in [0.5, 0.6) is 0 Å². The van der Waals surface area contributed by atoms with Crippen molar-refractivity contribution >= 4 is 0 Å². The first-order valence-electron chi connectivity index (χ1n) is 9.56. The van der Waals surface area contributed by atoms with Gasteiger partial charge in [0.1, 0.15) is 0 Å². The van der Waals surface area contributed by atoms with E-state index in [-0.39, 0.29) is 0 Å². The minimum absolute atomic E-state index is 0.546. The van der Waals surface area contributed by atoms with E-state index in [4.69, 9.17) is 0 Å². The second-order valence-electron chi connectivity index (χ2n) is 6.60. The predicted octanol–water partition coefficient (Wildman–Crippen LogP) is 7.66. The highest BCUT2D eigenvalue weighted by Gasteiger charge is 1.98.